The van der Waals surface area contributed by atoms with Gasteiger partial charge in [-0.2, -0.15) is 5.26 Å². The third-order valence-corrected chi connectivity index (χ3v) is 0.959. The topological polar surface area (TPSA) is 62.5 Å². The maximum Gasteiger partial charge on any atom is 0.0965 e. The van der Waals surface area contributed by atoms with Crippen LogP contribution in [-0.2, 0) is 9.62 Å². The van der Waals surface area contributed by atoms with Crippen LogP contribution in [0.4, 0.5) is 0 Å². The van der Waals surface area contributed by atoms with Crippen molar-refractivity contribution in [2.45, 2.75) is 6.42 Å². The van der Waals surface area contributed by atoms with E-state index >= 15 is 0 Å². The fourth-order valence-corrected chi connectivity index (χ4v) is 0.453. The first-order valence-electron chi connectivity index (χ1n) is 3.23. The first-order valence-corrected chi connectivity index (χ1v) is 3.23. The summed E-state index contributed by atoms with van der Waals surface area (Å²) in [5, 5.41) is 16.1. The minimum atomic E-state index is 0.249. The lowest BCUT2D eigenvalue weighted by atomic mass is 10.4. The molecule has 0 unspecified atom stereocenters. The van der Waals surface area contributed by atoms with Gasteiger partial charge in [-0.05, 0) is 6.42 Å². The molecule has 0 radical (unpaired) electrons. The molecule has 62 valence electrons. The summed E-state index contributed by atoms with van der Waals surface area (Å²) >= 11 is 0. The molecule has 4 nitrogen and oxygen atoms in total. The Kier molecular flexibility index (Phi) is 6.64. The van der Waals surface area contributed by atoms with Crippen LogP contribution in [0.25, 0.3) is 0 Å². The number of ether oxygens (including phenoxy) is 1. The molecule has 0 aliphatic heterocycles. The van der Waals surface area contributed by atoms with Crippen LogP contribution < -0.4 is 0 Å². The van der Waals surface area contributed by atoms with E-state index < -0.39 is 0 Å². The van der Waals surface area contributed by atoms with Gasteiger partial charge in [0, 0.05) is 12.2 Å². The normalized spacial score (nSPS) is 9.09. The second kappa shape index (κ2) is 7.22. The molecule has 0 aromatic carbocycles. The highest BCUT2D eigenvalue weighted by atomic mass is 17.1. The zero-order chi connectivity index (χ0) is 8.53. The fraction of sp³-hybridized carbons (Fsp3) is 0.571. The molecule has 0 aliphatic carbocycles. The molecule has 0 aromatic heterocycles. The van der Waals surface area contributed by atoms with E-state index in [1.165, 1.54) is 0 Å². The van der Waals surface area contributed by atoms with Crippen LogP contribution in [0, 0.1) is 11.3 Å². The van der Waals surface area contributed by atoms with Gasteiger partial charge in [-0.25, -0.2) is 4.89 Å². The van der Waals surface area contributed by atoms with Gasteiger partial charge in [0.05, 0.1) is 19.3 Å². The zero-order valence-electron chi connectivity index (χ0n) is 6.25. The van der Waals surface area contributed by atoms with E-state index in [-0.39, 0.29) is 13.2 Å². The van der Waals surface area contributed by atoms with E-state index in [2.05, 4.69) is 11.5 Å². The van der Waals surface area contributed by atoms with E-state index in [9.17, 15) is 0 Å². The average molecular weight is 157 g/mol. The fourth-order valence-electron chi connectivity index (χ4n) is 0.453. The first kappa shape index (κ1) is 10.1. The molecule has 0 saturated heterocycles. The molecule has 0 saturated carbocycles. The molecule has 0 bridgehead atoms. The van der Waals surface area contributed by atoms with E-state index in [0.717, 1.165) is 0 Å². The van der Waals surface area contributed by atoms with Crippen LogP contribution in [0.5, 0.6) is 0 Å². The first-order chi connectivity index (χ1) is 5.31. The Bertz CT molecular complexity index is 150. The summed E-state index contributed by atoms with van der Waals surface area (Å²) in [5.74, 6) is 0. The van der Waals surface area contributed by atoms with Crippen LogP contribution in [0.15, 0.2) is 12.2 Å². The summed E-state index contributed by atoms with van der Waals surface area (Å²) < 4.78 is 4.98. The van der Waals surface area contributed by atoms with Gasteiger partial charge in [0.15, 0.2) is 0 Å². The Morgan fingerprint density at radius 3 is 2.82 bits per heavy atom. The maximum absolute atomic E-state index is 8.24. The summed E-state index contributed by atoms with van der Waals surface area (Å²) in [6.45, 7) is 4.38. The Hall–Kier alpha value is -0.890. The summed E-state index contributed by atoms with van der Waals surface area (Å²) in [4.78, 5) is 3.81. The maximum atomic E-state index is 8.24. The van der Waals surface area contributed by atoms with Crippen molar-refractivity contribution < 1.29 is 14.9 Å². The van der Waals surface area contributed by atoms with Crippen LogP contribution in [0.2, 0.25) is 0 Å². The Labute approximate surface area is 65.6 Å². The lowest BCUT2D eigenvalue weighted by Crippen LogP contribution is -2.01. The van der Waals surface area contributed by atoms with Crippen molar-refractivity contribution in [2.75, 3.05) is 19.8 Å². The number of rotatable bonds is 6. The number of hydrogen-bond donors (Lipinski definition) is 1. The molecule has 0 aromatic rings. The number of nitriles is 1. The van der Waals surface area contributed by atoms with Crippen molar-refractivity contribution in [3.05, 3.63) is 12.2 Å². The molecule has 11 heavy (non-hydrogen) atoms. The SMILES string of the molecule is C=C(C#N)COCCCOO. The standard InChI is InChI=1S/C7H11NO3/c1-7(5-8)6-10-3-2-4-11-9/h9H,1-4,6H2. The van der Waals surface area contributed by atoms with Gasteiger partial charge in [-0.1, -0.05) is 6.58 Å². The van der Waals surface area contributed by atoms with E-state index in [4.69, 9.17) is 15.3 Å². The van der Waals surface area contributed by atoms with Crippen LogP contribution in [-0.4, -0.2) is 25.1 Å². The zero-order valence-corrected chi connectivity index (χ0v) is 6.25. The van der Waals surface area contributed by atoms with Crippen molar-refractivity contribution >= 4 is 0 Å². The molecule has 4 heteroatoms. The van der Waals surface area contributed by atoms with E-state index in [1.54, 1.807) is 0 Å². The molecule has 0 aliphatic rings. The molecule has 0 heterocycles. The van der Waals surface area contributed by atoms with Crippen molar-refractivity contribution in [2.24, 2.45) is 0 Å². The molecule has 0 amide bonds. The van der Waals surface area contributed by atoms with E-state index in [0.29, 0.717) is 18.6 Å². The molecule has 0 spiro atoms. The molecular weight excluding hydrogens is 146 g/mol. The van der Waals surface area contributed by atoms with Gasteiger partial charge < -0.3 is 4.74 Å². The van der Waals surface area contributed by atoms with Crippen molar-refractivity contribution in [1.82, 2.24) is 0 Å². The Morgan fingerprint density at radius 2 is 2.27 bits per heavy atom. The number of hydrogen-bond acceptors (Lipinski definition) is 4. The third-order valence-electron chi connectivity index (χ3n) is 0.959. The minimum Gasteiger partial charge on any atom is -0.376 e. The monoisotopic (exact) mass is 157 g/mol. The summed E-state index contributed by atoms with van der Waals surface area (Å²) in [6.07, 6.45) is 0.606. The molecule has 0 fully saturated rings. The quantitative estimate of drug-likeness (QED) is 0.270. The van der Waals surface area contributed by atoms with Gasteiger partial charge >= 0.3 is 0 Å². The van der Waals surface area contributed by atoms with Crippen molar-refractivity contribution in [1.29, 1.82) is 5.26 Å². The second-order valence-corrected chi connectivity index (χ2v) is 1.95. The lowest BCUT2D eigenvalue weighted by Gasteiger charge is -1.99. The molecular formula is C7H11NO3. The predicted molar refractivity (Wildman–Crippen MR) is 38.8 cm³/mol. The van der Waals surface area contributed by atoms with Gasteiger partial charge in [0.25, 0.3) is 0 Å². The lowest BCUT2D eigenvalue weighted by molar-refractivity contribution is -0.243. The number of nitrogens with zero attached hydrogens (tertiary/aromatic N) is 1. The van der Waals surface area contributed by atoms with Crippen molar-refractivity contribution in [3.63, 3.8) is 0 Å². The Balaban J connectivity index is 3.03. The highest BCUT2D eigenvalue weighted by Crippen LogP contribution is 1.89. The predicted octanol–water partition coefficient (Wildman–Crippen LogP) is 0.962. The smallest absolute Gasteiger partial charge is 0.0965 e. The van der Waals surface area contributed by atoms with Gasteiger partial charge in [-0.3, -0.25) is 5.26 Å². The van der Waals surface area contributed by atoms with Crippen LogP contribution >= 0.6 is 0 Å². The molecule has 1 N–H and O–H groups in total. The van der Waals surface area contributed by atoms with Gasteiger partial charge in [0.1, 0.15) is 0 Å². The van der Waals surface area contributed by atoms with Gasteiger partial charge in [0.2, 0.25) is 0 Å². The second-order valence-electron chi connectivity index (χ2n) is 1.95. The Morgan fingerprint density at radius 1 is 1.55 bits per heavy atom. The molecule has 0 atom stereocenters. The summed E-state index contributed by atoms with van der Waals surface area (Å²) in [6, 6.07) is 1.86. The molecule has 0 rings (SSSR count). The van der Waals surface area contributed by atoms with Crippen molar-refractivity contribution in [3.8, 4) is 6.07 Å². The summed E-state index contributed by atoms with van der Waals surface area (Å²) in [7, 11) is 0. The average Bonchev–Trinajstić information content (AvgIpc) is 2.04. The highest BCUT2D eigenvalue weighted by Gasteiger charge is 1.91. The van der Waals surface area contributed by atoms with Gasteiger partial charge in [-0.15, -0.1) is 0 Å². The largest absolute Gasteiger partial charge is 0.376 e. The third kappa shape index (κ3) is 7.00. The highest BCUT2D eigenvalue weighted by molar-refractivity contribution is 5.15. The van der Waals surface area contributed by atoms with Crippen LogP contribution in [0.1, 0.15) is 6.42 Å². The van der Waals surface area contributed by atoms with Crippen LogP contribution in [0.3, 0.4) is 0 Å². The summed E-state index contributed by atoms with van der Waals surface area (Å²) in [5.41, 5.74) is 0.398. The van der Waals surface area contributed by atoms with E-state index in [1.807, 2.05) is 6.07 Å². The minimum absolute atomic E-state index is 0.249.